The van der Waals surface area contributed by atoms with E-state index < -0.39 is 23.6 Å². The third kappa shape index (κ3) is 5.33. The molecule has 1 amide bonds. The molecular formula is C20H14ClF3N2O4S. The van der Waals surface area contributed by atoms with Crippen LogP contribution >= 0.6 is 22.9 Å². The van der Waals surface area contributed by atoms with E-state index in [0.717, 1.165) is 28.4 Å². The molecule has 0 saturated carbocycles. The van der Waals surface area contributed by atoms with Crippen LogP contribution in [-0.4, -0.2) is 22.0 Å². The van der Waals surface area contributed by atoms with Crippen molar-refractivity contribution in [2.24, 2.45) is 0 Å². The van der Waals surface area contributed by atoms with Crippen LogP contribution in [0.25, 0.3) is 0 Å². The van der Waals surface area contributed by atoms with Crippen molar-refractivity contribution in [1.29, 1.82) is 0 Å². The third-order valence-corrected chi connectivity index (χ3v) is 5.12. The standard InChI is InChI=1S/C20H14ClF3N2O4S/c1-11(27)26(15-4-2-3-12(7-15)20(22,23)24)19-25-14(10-31-19)9-30-18(29)16-6-5-13(21)8-17(16)28/h2-8,10,28H,9H2,1H3. The molecule has 0 aliphatic carbocycles. The van der Waals surface area contributed by atoms with Gasteiger partial charge in [0, 0.05) is 17.3 Å². The molecule has 0 aliphatic rings. The molecule has 3 aromatic rings. The van der Waals surface area contributed by atoms with E-state index in [1.807, 2.05) is 0 Å². The van der Waals surface area contributed by atoms with Crippen molar-refractivity contribution < 1.29 is 32.6 Å². The summed E-state index contributed by atoms with van der Waals surface area (Å²) in [6, 6.07) is 8.23. The number of carbonyl (C=O) groups is 2. The smallest absolute Gasteiger partial charge is 0.416 e. The maximum absolute atomic E-state index is 13.0. The fraction of sp³-hybridized carbons (Fsp3) is 0.150. The van der Waals surface area contributed by atoms with Crippen molar-refractivity contribution in [3.05, 3.63) is 69.7 Å². The minimum atomic E-state index is -4.56. The third-order valence-electron chi connectivity index (χ3n) is 4.01. The van der Waals surface area contributed by atoms with Gasteiger partial charge in [0.2, 0.25) is 5.91 Å². The van der Waals surface area contributed by atoms with Crippen molar-refractivity contribution in [2.75, 3.05) is 4.90 Å². The monoisotopic (exact) mass is 470 g/mol. The summed E-state index contributed by atoms with van der Waals surface area (Å²) < 4.78 is 44.2. The fourth-order valence-corrected chi connectivity index (χ4v) is 3.65. The molecule has 2 aromatic carbocycles. The largest absolute Gasteiger partial charge is 0.507 e. The van der Waals surface area contributed by atoms with Gasteiger partial charge in [0.15, 0.2) is 5.13 Å². The Morgan fingerprint density at radius 2 is 1.97 bits per heavy atom. The van der Waals surface area contributed by atoms with Crippen LogP contribution in [-0.2, 0) is 22.3 Å². The van der Waals surface area contributed by atoms with E-state index in [9.17, 15) is 27.9 Å². The summed E-state index contributed by atoms with van der Waals surface area (Å²) in [7, 11) is 0. The lowest BCUT2D eigenvalue weighted by Gasteiger charge is -2.19. The van der Waals surface area contributed by atoms with Crippen molar-refractivity contribution in [3.8, 4) is 5.75 Å². The molecule has 162 valence electrons. The quantitative estimate of drug-likeness (QED) is 0.494. The average Bonchev–Trinajstić information content (AvgIpc) is 3.14. The van der Waals surface area contributed by atoms with Crippen LogP contribution in [0.2, 0.25) is 5.02 Å². The van der Waals surface area contributed by atoms with Gasteiger partial charge in [-0.2, -0.15) is 13.2 Å². The Balaban J connectivity index is 1.78. The number of alkyl halides is 3. The van der Waals surface area contributed by atoms with Crippen molar-refractivity contribution in [3.63, 3.8) is 0 Å². The highest BCUT2D eigenvalue weighted by Gasteiger charge is 2.31. The van der Waals surface area contributed by atoms with E-state index in [-0.39, 0.29) is 39.5 Å². The number of aromatic hydroxyl groups is 1. The summed E-state index contributed by atoms with van der Waals surface area (Å²) in [6.07, 6.45) is -4.56. The van der Waals surface area contributed by atoms with Gasteiger partial charge in [-0.3, -0.25) is 9.69 Å². The number of nitrogens with zero attached hydrogens (tertiary/aromatic N) is 2. The second kappa shape index (κ2) is 8.94. The van der Waals surface area contributed by atoms with E-state index in [1.165, 1.54) is 42.6 Å². The minimum Gasteiger partial charge on any atom is -0.507 e. The van der Waals surface area contributed by atoms with Gasteiger partial charge in [-0.25, -0.2) is 9.78 Å². The highest BCUT2D eigenvalue weighted by Crippen LogP contribution is 2.35. The van der Waals surface area contributed by atoms with Crippen LogP contribution < -0.4 is 4.90 Å². The summed E-state index contributed by atoms with van der Waals surface area (Å²) in [4.78, 5) is 29.5. The normalized spacial score (nSPS) is 11.3. The van der Waals surface area contributed by atoms with Crippen LogP contribution in [0.1, 0.15) is 28.5 Å². The number of carbonyl (C=O) groups excluding carboxylic acids is 2. The highest BCUT2D eigenvalue weighted by molar-refractivity contribution is 7.14. The number of hydrogen-bond donors (Lipinski definition) is 1. The second-order valence-electron chi connectivity index (χ2n) is 6.26. The molecule has 1 heterocycles. The summed E-state index contributed by atoms with van der Waals surface area (Å²) in [5.74, 6) is -1.70. The van der Waals surface area contributed by atoms with Crippen LogP contribution in [0.5, 0.6) is 5.75 Å². The number of hydrogen-bond acceptors (Lipinski definition) is 6. The lowest BCUT2D eigenvalue weighted by atomic mass is 10.2. The van der Waals surface area contributed by atoms with E-state index in [0.29, 0.717) is 0 Å². The zero-order valence-corrected chi connectivity index (χ0v) is 17.4. The summed E-state index contributed by atoms with van der Waals surface area (Å²) in [5, 5.41) is 11.7. The van der Waals surface area contributed by atoms with Crippen molar-refractivity contribution in [1.82, 2.24) is 4.98 Å². The number of amides is 1. The average molecular weight is 471 g/mol. The Bertz CT molecular complexity index is 1130. The lowest BCUT2D eigenvalue weighted by molar-refractivity contribution is -0.137. The predicted molar refractivity (Wildman–Crippen MR) is 109 cm³/mol. The Hall–Kier alpha value is -3.11. The Labute approximate surface area is 183 Å². The molecule has 0 radical (unpaired) electrons. The molecule has 1 N–H and O–H groups in total. The van der Waals surface area contributed by atoms with Crippen LogP contribution in [0.4, 0.5) is 24.0 Å². The van der Waals surface area contributed by atoms with Gasteiger partial charge >= 0.3 is 12.1 Å². The first-order chi connectivity index (χ1) is 14.6. The first-order valence-corrected chi connectivity index (χ1v) is 9.90. The summed E-state index contributed by atoms with van der Waals surface area (Å²) >= 11 is 6.72. The fourth-order valence-electron chi connectivity index (χ4n) is 2.61. The molecule has 11 heteroatoms. The molecule has 0 saturated heterocycles. The van der Waals surface area contributed by atoms with Gasteiger partial charge in [-0.05, 0) is 36.4 Å². The molecule has 3 rings (SSSR count). The molecule has 0 unspecified atom stereocenters. The van der Waals surface area contributed by atoms with Gasteiger partial charge in [0.1, 0.15) is 17.9 Å². The molecular weight excluding hydrogens is 457 g/mol. The summed E-state index contributed by atoms with van der Waals surface area (Å²) in [6.45, 7) is 0.927. The number of anilines is 2. The summed E-state index contributed by atoms with van der Waals surface area (Å²) in [5.41, 5.74) is -0.703. The molecule has 31 heavy (non-hydrogen) atoms. The number of phenolic OH excluding ortho intramolecular Hbond substituents is 1. The van der Waals surface area contributed by atoms with Gasteiger partial charge in [-0.1, -0.05) is 17.7 Å². The molecule has 0 bridgehead atoms. The highest BCUT2D eigenvalue weighted by atomic mass is 35.5. The topological polar surface area (TPSA) is 79.7 Å². The Morgan fingerprint density at radius 1 is 1.23 bits per heavy atom. The maximum Gasteiger partial charge on any atom is 0.416 e. The number of ether oxygens (including phenoxy) is 1. The minimum absolute atomic E-state index is 0.00584. The number of rotatable bonds is 5. The number of benzene rings is 2. The van der Waals surface area contributed by atoms with E-state index in [1.54, 1.807) is 0 Å². The number of halogens is 4. The molecule has 1 aromatic heterocycles. The molecule has 6 nitrogen and oxygen atoms in total. The van der Waals surface area contributed by atoms with Crippen molar-refractivity contribution >= 4 is 45.6 Å². The number of aromatic nitrogens is 1. The number of thiazole rings is 1. The SMILES string of the molecule is CC(=O)N(c1cccc(C(F)(F)F)c1)c1nc(COC(=O)c2ccc(Cl)cc2O)cs1. The van der Waals surface area contributed by atoms with Gasteiger partial charge < -0.3 is 9.84 Å². The van der Waals surface area contributed by atoms with Crippen LogP contribution in [0, 0.1) is 0 Å². The van der Waals surface area contributed by atoms with E-state index in [4.69, 9.17) is 16.3 Å². The van der Waals surface area contributed by atoms with E-state index in [2.05, 4.69) is 4.98 Å². The van der Waals surface area contributed by atoms with Gasteiger partial charge in [0.25, 0.3) is 0 Å². The van der Waals surface area contributed by atoms with E-state index >= 15 is 0 Å². The second-order valence-corrected chi connectivity index (χ2v) is 7.53. The zero-order chi connectivity index (χ0) is 22.8. The number of phenols is 1. The maximum atomic E-state index is 13.0. The van der Waals surface area contributed by atoms with Gasteiger partial charge in [0.05, 0.1) is 16.9 Å². The van der Waals surface area contributed by atoms with Crippen molar-refractivity contribution in [2.45, 2.75) is 19.7 Å². The zero-order valence-electron chi connectivity index (χ0n) is 15.8. The molecule has 0 atom stereocenters. The Kier molecular flexibility index (Phi) is 6.51. The van der Waals surface area contributed by atoms with Crippen LogP contribution in [0.3, 0.4) is 0 Å². The predicted octanol–water partition coefficient (Wildman–Crippen LogP) is 5.56. The molecule has 0 fully saturated rings. The molecule has 0 spiro atoms. The van der Waals surface area contributed by atoms with Crippen LogP contribution in [0.15, 0.2) is 47.8 Å². The first kappa shape index (κ1) is 22.6. The Morgan fingerprint density at radius 3 is 2.61 bits per heavy atom. The number of esters is 1. The molecule has 0 aliphatic heterocycles. The van der Waals surface area contributed by atoms with Gasteiger partial charge in [-0.15, -0.1) is 11.3 Å². The lowest BCUT2D eigenvalue weighted by Crippen LogP contribution is -2.23. The first-order valence-electron chi connectivity index (χ1n) is 8.64.